The zero-order valence-corrected chi connectivity index (χ0v) is 9.13. The van der Waals surface area contributed by atoms with Crippen LogP contribution in [-0.4, -0.2) is 66.2 Å². The minimum absolute atomic E-state index is 0.0601. The zero-order valence-electron chi connectivity index (χ0n) is 9.13. The van der Waals surface area contributed by atoms with Crippen molar-refractivity contribution < 1.29 is 23.9 Å². The topological polar surface area (TPSA) is 82.8 Å². The molecule has 0 radical (unpaired) electrons. The molecule has 0 aromatic heterocycles. The quantitative estimate of drug-likeness (QED) is 0.463. The largest absolute Gasteiger partial charge is 0.371 e. The SMILES string of the molecule is O=C1CC(=O)N(CC2CO2)C(=O)N1CC1CO1. The fourth-order valence-corrected chi connectivity index (χ4v) is 1.79. The highest BCUT2D eigenvalue weighted by Gasteiger charge is 2.43. The van der Waals surface area contributed by atoms with Crippen molar-refractivity contribution in [2.45, 2.75) is 18.6 Å². The molecule has 92 valence electrons. The molecule has 7 nitrogen and oxygen atoms in total. The van der Waals surface area contributed by atoms with Gasteiger partial charge >= 0.3 is 6.03 Å². The Kier molecular flexibility index (Phi) is 2.37. The number of hydrogen-bond acceptors (Lipinski definition) is 5. The number of barbiturate groups is 1. The highest BCUT2D eigenvalue weighted by atomic mass is 16.6. The van der Waals surface area contributed by atoms with Crippen LogP contribution in [0.3, 0.4) is 0 Å². The zero-order chi connectivity index (χ0) is 12.0. The number of rotatable bonds is 4. The van der Waals surface area contributed by atoms with E-state index < -0.39 is 17.8 Å². The first kappa shape index (κ1) is 10.7. The van der Waals surface area contributed by atoms with E-state index in [2.05, 4.69) is 0 Å². The average molecular weight is 240 g/mol. The van der Waals surface area contributed by atoms with Gasteiger partial charge in [0, 0.05) is 0 Å². The molecule has 7 heteroatoms. The van der Waals surface area contributed by atoms with Gasteiger partial charge < -0.3 is 9.47 Å². The highest BCUT2D eigenvalue weighted by Crippen LogP contribution is 2.20. The first-order chi connectivity index (χ1) is 8.15. The molecular weight excluding hydrogens is 228 g/mol. The molecule has 0 aromatic carbocycles. The molecule has 0 aliphatic carbocycles. The van der Waals surface area contributed by atoms with Crippen molar-refractivity contribution in [1.29, 1.82) is 0 Å². The maximum Gasteiger partial charge on any atom is 0.333 e. The molecule has 0 aromatic rings. The molecule has 3 heterocycles. The van der Waals surface area contributed by atoms with Crippen LogP contribution in [0.1, 0.15) is 6.42 Å². The van der Waals surface area contributed by atoms with E-state index in [1.54, 1.807) is 0 Å². The van der Waals surface area contributed by atoms with Crippen molar-refractivity contribution in [2.24, 2.45) is 0 Å². The molecule has 17 heavy (non-hydrogen) atoms. The molecular formula is C10H12N2O5. The number of urea groups is 1. The number of carbonyl (C=O) groups excluding carboxylic acids is 3. The molecule has 0 spiro atoms. The van der Waals surface area contributed by atoms with Gasteiger partial charge in [-0.1, -0.05) is 0 Å². The summed E-state index contributed by atoms with van der Waals surface area (Å²) < 4.78 is 9.98. The number of imide groups is 2. The second-order valence-corrected chi connectivity index (χ2v) is 4.38. The Labute approximate surface area is 97.2 Å². The van der Waals surface area contributed by atoms with E-state index in [1.165, 1.54) is 0 Å². The third-order valence-corrected chi connectivity index (χ3v) is 2.94. The van der Waals surface area contributed by atoms with Gasteiger partial charge in [-0.25, -0.2) is 4.79 Å². The summed E-state index contributed by atoms with van der Waals surface area (Å²) in [5.74, 6) is -0.882. The number of nitrogens with zero attached hydrogens (tertiary/aromatic N) is 2. The molecule has 2 unspecified atom stereocenters. The van der Waals surface area contributed by atoms with E-state index in [1.807, 2.05) is 0 Å². The van der Waals surface area contributed by atoms with Crippen LogP contribution in [0.5, 0.6) is 0 Å². The summed E-state index contributed by atoms with van der Waals surface area (Å²) >= 11 is 0. The summed E-state index contributed by atoms with van der Waals surface area (Å²) in [5.41, 5.74) is 0. The van der Waals surface area contributed by atoms with Crippen molar-refractivity contribution in [3.63, 3.8) is 0 Å². The van der Waals surface area contributed by atoms with Crippen molar-refractivity contribution >= 4 is 17.8 Å². The highest BCUT2D eigenvalue weighted by molar-refractivity contribution is 6.14. The molecule has 0 bridgehead atoms. The van der Waals surface area contributed by atoms with Crippen LogP contribution in [0.15, 0.2) is 0 Å². The van der Waals surface area contributed by atoms with Gasteiger partial charge in [0.05, 0.1) is 38.5 Å². The summed E-state index contributed by atoms with van der Waals surface area (Å²) in [4.78, 5) is 37.4. The van der Waals surface area contributed by atoms with Crippen LogP contribution in [0, 0.1) is 0 Å². The monoisotopic (exact) mass is 240 g/mol. The molecule has 3 saturated heterocycles. The van der Waals surface area contributed by atoms with Gasteiger partial charge in [-0.3, -0.25) is 19.4 Å². The molecule has 3 fully saturated rings. The van der Waals surface area contributed by atoms with Gasteiger partial charge in [-0.2, -0.15) is 0 Å². The Morgan fingerprint density at radius 2 is 1.35 bits per heavy atom. The van der Waals surface area contributed by atoms with Crippen molar-refractivity contribution in [1.82, 2.24) is 9.80 Å². The van der Waals surface area contributed by atoms with E-state index >= 15 is 0 Å². The molecule has 3 rings (SSSR count). The Balaban J connectivity index is 1.71. The summed E-state index contributed by atoms with van der Waals surface area (Å²) in [5, 5.41) is 0. The second kappa shape index (κ2) is 3.78. The Morgan fingerprint density at radius 1 is 0.941 bits per heavy atom. The first-order valence-electron chi connectivity index (χ1n) is 5.53. The minimum atomic E-state index is -0.544. The Bertz CT molecular complexity index is 354. The van der Waals surface area contributed by atoms with Crippen LogP contribution < -0.4 is 0 Å². The van der Waals surface area contributed by atoms with Gasteiger partial charge in [0.25, 0.3) is 0 Å². The normalized spacial score (nSPS) is 32.1. The van der Waals surface area contributed by atoms with Crippen molar-refractivity contribution in [3.05, 3.63) is 0 Å². The summed E-state index contributed by atoms with van der Waals surface area (Å²) in [7, 11) is 0. The smallest absolute Gasteiger partial charge is 0.333 e. The van der Waals surface area contributed by atoms with E-state index in [4.69, 9.17) is 9.47 Å². The van der Waals surface area contributed by atoms with Crippen LogP contribution in [-0.2, 0) is 19.1 Å². The number of epoxide rings is 2. The van der Waals surface area contributed by atoms with Crippen molar-refractivity contribution in [2.75, 3.05) is 26.3 Å². The van der Waals surface area contributed by atoms with E-state index in [0.717, 1.165) is 9.80 Å². The minimum Gasteiger partial charge on any atom is -0.371 e. The van der Waals surface area contributed by atoms with Gasteiger partial charge in [0.1, 0.15) is 6.42 Å². The lowest BCUT2D eigenvalue weighted by Crippen LogP contribution is -2.56. The number of ether oxygens (including phenoxy) is 2. The number of hydrogen-bond donors (Lipinski definition) is 0. The first-order valence-corrected chi connectivity index (χ1v) is 5.53. The van der Waals surface area contributed by atoms with Gasteiger partial charge in [0.2, 0.25) is 11.8 Å². The lowest BCUT2D eigenvalue weighted by atomic mass is 10.2. The maximum atomic E-state index is 12.0. The van der Waals surface area contributed by atoms with Crippen LogP contribution in [0.2, 0.25) is 0 Å². The second-order valence-electron chi connectivity index (χ2n) is 4.38. The molecule has 4 amide bonds. The predicted molar refractivity (Wildman–Crippen MR) is 52.9 cm³/mol. The maximum absolute atomic E-state index is 12.0. The summed E-state index contributed by atoms with van der Waals surface area (Å²) in [6.45, 7) is 1.62. The third kappa shape index (κ3) is 2.16. The molecule has 0 N–H and O–H groups in total. The molecule has 3 aliphatic rings. The van der Waals surface area contributed by atoms with Gasteiger partial charge in [-0.05, 0) is 0 Å². The Morgan fingerprint density at radius 3 is 1.71 bits per heavy atom. The lowest BCUT2D eigenvalue weighted by molar-refractivity contribution is -0.142. The van der Waals surface area contributed by atoms with E-state index in [9.17, 15) is 14.4 Å². The standard InChI is InChI=1S/C10H12N2O5/c13-8-1-9(14)12(3-7-5-17-7)10(15)11(8)2-6-4-16-6/h6-7H,1-5H2. The number of amides is 4. The van der Waals surface area contributed by atoms with Crippen LogP contribution >= 0.6 is 0 Å². The fraction of sp³-hybridized carbons (Fsp3) is 0.700. The number of carbonyl (C=O) groups is 3. The lowest BCUT2D eigenvalue weighted by Gasteiger charge is -2.31. The van der Waals surface area contributed by atoms with Crippen LogP contribution in [0.25, 0.3) is 0 Å². The van der Waals surface area contributed by atoms with Crippen molar-refractivity contribution in [3.8, 4) is 0 Å². The van der Waals surface area contributed by atoms with Gasteiger partial charge in [0.15, 0.2) is 0 Å². The van der Waals surface area contributed by atoms with E-state index in [0.29, 0.717) is 13.2 Å². The molecule has 2 atom stereocenters. The van der Waals surface area contributed by atoms with E-state index in [-0.39, 0.29) is 31.7 Å². The fourth-order valence-electron chi connectivity index (χ4n) is 1.79. The predicted octanol–water partition coefficient (Wildman–Crippen LogP) is -1.04. The third-order valence-electron chi connectivity index (χ3n) is 2.94. The molecule has 3 aliphatic heterocycles. The summed E-state index contributed by atoms with van der Waals surface area (Å²) in [6, 6.07) is -0.544. The average Bonchev–Trinajstić information content (AvgIpc) is 3.12. The summed E-state index contributed by atoms with van der Waals surface area (Å²) in [6.07, 6.45) is -0.365. The Hall–Kier alpha value is -1.47. The van der Waals surface area contributed by atoms with Gasteiger partial charge in [-0.15, -0.1) is 0 Å². The van der Waals surface area contributed by atoms with Crippen LogP contribution in [0.4, 0.5) is 4.79 Å². The molecule has 0 saturated carbocycles.